The van der Waals surface area contributed by atoms with Gasteiger partial charge >= 0.3 is 0 Å². The van der Waals surface area contributed by atoms with Crippen LogP contribution in [-0.2, 0) is 11.2 Å². The van der Waals surface area contributed by atoms with E-state index in [0.29, 0.717) is 25.8 Å². The van der Waals surface area contributed by atoms with Gasteiger partial charge in [-0.25, -0.2) is 13.8 Å². The average molecular weight is 600 g/mol. The second-order valence-electron chi connectivity index (χ2n) is 9.51. The minimum Gasteiger partial charge on any atom is -0.290 e. The van der Waals surface area contributed by atoms with E-state index in [2.05, 4.69) is 13.8 Å². The summed E-state index contributed by atoms with van der Waals surface area (Å²) in [6, 6.07) is 26.3. The third-order valence-electron chi connectivity index (χ3n) is 6.62. The van der Waals surface area contributed by atoms with Crippen molar-refractivity contribution in [2.24, 2.45) is 0 Å². The zero-order valence-electron chi connectivity index (χ0n) is 21.1. The summed E-state index contributed by atoms with van der Waals surface area (Å²) in [4.78, 5) is 5.09. The highest BCUT2D eigenvalue weighted by molar-refractivity contribution is 7.98. The number of imidazole rings is 1. The van der Waals surface area contributed by atoms with Crippen LogP contribution in [0.3, 0.4) is 0 Å². The van der Waals surface area contributed by atoms with E-state index in [4.69, 9.17) is 39.8 Å². The molecule has 0 saturated heterocycles. The van der Waals surface area contributed by atoms with Crippen LogP contribution in [-0.4, -0.2) is 9.55 Å². The lowest BCUT2D eigenvalue weighted by molar-refractivity contribution is 0.593. The van der Waals surface area contributed by atoms with Crippen LogP contribution in [0.1, 0.15) is 30.7 Å². The highest BCUT2D eigenvalue weighted by atomic mass is 35.5. The van der Waals surface area contributed by atoms with Gasteiger partial charge in [-0.2, -0.15) is 0 Å². The lowest BCUT2D eigenvalue weighted by Crippen LogP contribution is -2.24. The Morgan fingerprint density at radius 1 is 0.795 bits per heavy atom. The van der Waals surface area contributed by atoms with Crippen LogP contribution in [0.2, 0.25) is 15.1 Å². The number of hydrogen-bond donors (Lipinski definition) is 0. The van der Waals surface area contributed by atoms with Crippen molar-refractivity contribution < 1.29 is 8.78 Å². The van der Waals surface area contributed by atoms with E-state index in [1.807, 2.05) is 47.0 Å². The van der Waals surface area contributed by atoms with Gasteiger partial charge in [0.05, 0.1) is 21.4 Å². The minimum atomic E-state index is -0.630. The molecule has 1 aromatic heterocycles. The van der Waals surface area contributed by atoms with Gasteiger partial charge in [0.15, 0.2) is 5.16 Å². The third-order valence-corrected chi connectivity index (χ3v) is 8.68. The maximum Gasteiger partial charge on any atom is 0.173 e. The number of thioether (sulfide) groups is 1. The van der Waals surface area contributed by atoms with Gasteiger partial charge in [0.25, 0.3) is 0 Å². The lowest BCUT2D eigenvalue weighted by Gasteiger charge is -2.29. The van der Waals surface area contributed by atoms with E-state index in [0.717, 1.165) is 28.2 Å². The van der Waals surface area contributed by atoms with Gasteiger partial charge < -0.3 is 0 Å². The van der Waals surface area contributed by atoms with Crippen molar-refractivity contribution in [2.75, 3.05) is 0 Å². The summed E-state index contributed by atoms with van der Waals surface area (Å²) in [6.07, 6.45) is 0. The number of nitrogens with zero attached hydrogens (tertiary/aromatic N) is 2. The Hall–Kier alpha value is -2.83. The Kier molecular flexibility index (Phi) is 8.06. The predicted octanol–water partition coefficient (Wildman–Crippen LogP) is 10.4. The molecule has 0 spiro atoms. The molecule has 0 aliphatic carbocycles. The first kappa shape index (κ1) is 27.7. The van der Waals surface area contributed by atoms with Gasteiger partial charge in [0, 0.05) is 33.0 Å². The zero-order valence-corrected chi connectivity index (χ0v) is 24.1. The fourth-order valence-electron chi connectivity index (χ4n) is 4.53. The van der Waals surface area contributed by atoms with E-state index in [9.17, 15) is 8.78 Å². The predicted molar refractivity (Wildman–Crippen MR) is 159 cm³/mol. The van der Waals surface area contributed by atoms with Crippen LogP contribution >= 0.6 is 46.6 Å². The molecule has 0 atom stereocenters. The second-order valence-corrected chi connectivity index (χ2v) is 11.7. The molecule has 0 bridgehead atoms. The molecule has 1 heterocycles. The molecular formula is C31H23Cl3F2N2S. The van der Waals surface area contributed by atoms with Crippen molar-refractivity contribution in [3.8, 4) is 16.9 Å². The molecule has 0 aliphatic heterocycles. The Labute approximate surface area is 245 Å². The van der Waals surface area contributed by atoms with Crippen LogP contribution < -0.4 is 0 Å². The summed E-state index contributed by atoms with van der Waals surface area (Å²) >= 11 is 20.4. The summed E-state index contributed by atoms with van der Waals surface area (Å²) in [5.74, 6) is -0.473. The number of halogens is 5. The Morgan fingerprint density at radius 2 is 1.51 bits per heavy atom. The molecule has 4 aromatic carbocycles. The van der Waals surface area contributed by atoms with Gasteiger partial charge in [0.2, 0.25) is 0 Å². The van der Waals surface area contributed by atoms with Crippen molar-refractivity contribution >= 4 is 46.6 Å². The van der Waals surface area contributed by atoms with E-state index in [1.54, 1.807) is 30.3 Å². The molecule has 0 fully saturated rings. The molecule has 0 amide bonds. The van der Waals surface area contributed by atoms with Crippen molar-refractivity contribution in [3.05, 3.63) is 135 Å². The van der Waals surface area contributed by atoms with Crippen molar-refractivity contribution in [1.29, 1.82) is 0 Å². The molecule has 0 radical (unpaired) electrons. The highest BCUT2D eigenvalue weighted by Crippen LogP contribution is 2.44. The molecule has 5 aromatic rings. The van der Waals surface area contributed by atoms with Gasteiger partial charge in [-0.15, -0.1) is 0 Å². The summed E-state index contributed by atoms with van der Waals surface area (Å²) in [5, 5.41) is 1.87. The molecule has 198 valence electrons. The fraction of sp³-hybridized carbons (Fsp3) is 0.129. The quantitative estimate of drug-likeness (QED) is 0.173. The van der Waals surface area contributed by atoms with Crippen molar-refractivity contribution in [2.45, 2.75) is 30.2 Å². The largest absolute Gasteiger partial charge is 0.290 e. The van der Waals surface area contributed by atoms with E-state index in [-0.39, 0.29) is 17.4 Å². The van der Waals surface area contributed by atoms with Crippen molar-refractivity contribution in [1.82, 2.24) is 9.55 Å². The third kappa shape index (κ3) is 5.59. The molecular weight excluding hydrogens is 577 g/mol. The zero-order chi connectivity index (χ0) is 27.7. The lowest BCUT2D eigenvalue weighted by atomic mass is 9.79. The molecule has 0 N–H and O–H groups in total. The summed E-state index contributed by atoms with van der Waals surface area (Å²) in [6.45, 7) is 4.16. The number of aromatic nitrogens is 2. The monoisotopic (exact) mass is 598 g/mol. The van der Waals surface area contributed by atoms with Crippen LogP contribution in [0.5, 0.6) is 0 Å². The molecule has 2 nitrogen and oxygen atoms in total. The fourth-order valence-corrected chi connectivity index (χ4v) is 6.18. The minimum absolute atomic E-state index is 0.255. The molecule has 39 heavy (non-hydrogen) atoms. The Morgan fingerprint density at radius 3 is 2.18 bits per heavy atom. The first-order chi connectivity index (χ1) is 18.7. The van der Waals surface area contributed by atoms with Crippen LogP contribution in [0, 0.1) is 11.6 Å². The number of hydrogen-bond acceptors (Lipinski definition) is 2. The molecule has 5 rings (SSSR count). The molecule has 0 aliphatic rings. The molecule has 8 heteroatoms. The van der Waals surface area contributed by atoms with E-state index >= 15 is 0 Å². The van der Waals surface area contributed by atoms with Crippen LogP contribution in [0.15, 0.2) is 96.2 Å². The summed E-state index contributed by atoms with van der Waals surface area (Å²) in [7, 11) is 0. The summed E-state index contributed by atoms with van der Waals surface area (Å²) < 4.78 is 30.7. The molecule has 0 unspecified atom stereocenters. The standard InChI is InChI=1S/C31H23Cl3F2N2S/c1-31(2,20-11-16-25(33)26(34)17-20)29-28(19-7-4-3-5-8-19)37-30(38(29)22-14-12-21(35)13-15-22)39-18-23-24(32)9-6-10-27(23)36/h3-17H,18H2,1-2H3. The van der Waals surface area contributed by atoms with E-state index in [1.165, 1.54) is 30.0 Å². The first-order valence-corrected chi connectivity index (χ1v) is 14.2. The van der Waals surface area contributed by atoms with Gasteiger partial charge in [-0.1, -0.05) is 103 Å². The smallest absolute Gasteiger partial charge is 0.173 e. The van der Waals surface area contributed by atoms with Gasteiger partial charge in [-0.05, 0) is 54.1 Å². The number of benzene rings is 4. The Balaban J connectivity index is 1.76. The molecule has 0 saturated carbocycles. The van der Waals surface area contributed by atoms with Gasteiger partial charge in [-0.3, -0.25) is 4.57 Å². The normalized spacial score (nSPS) is 11.7. The first-order valence-electron chi connectivity index (χ1n) is 12.1. The number of rotatable bonds is 7. The Bertz CT molecular complexity index is 1610. The SMILES string of the molecule is CC(C)(c1ccc(Cl)c(Cl)c1)c1c(-c2ccccc2)nc(SCc2c(F)cccc2Cl)n1-c1ccc(F)cc1. The highest BCUT2D eigenvalue weighted by Gasteiger charge is 2.34. The topological polar surface area (TPSA) is 17.8 Å². The van der Waals surface area contributed by atoms with Crippen molar-refractivity contribution in [3.63, 3.8) is 0 Å². The second kappa shape index (κ2) is 11.3. The van der Waals surface area contributed by atoms with Crippen LogP contribution in [0.4, 0.5) is 8.78 Å². The maximum absolute atomic E-state index is 14.7. The maximum atomic E-state index is 14.7. The van der Waals surface area contributed by atoms with Gasteiger partial charge in [0.1, 0.15) is 11.6 Å². The summed E-state index contributed by atoms with van der Waals surface area (Å²) in [5.41, 5.74) is 3.92. The van der Waals surface area contributed by atoms with Crippen LogP contribution in [0.25, 0.3) is 16.9 Å². The average Bonchev–Trinajstić information content (AvgIpc) is 3.31. The van der Waals surface area contributed by atoms with E-state index < -0.39 is 5.41 Å².